The van der Waals surface area contributed by atoms with E-state index in [1.807, 2.05) is 6.08 Å². The number of aliphatic hydroxyl groups is 1. The molecule has 0 fully saturated rings. The van der Waals surface area contributed by atoms with Gasteiger partial charge in [-0.2, -0.15) is 0 Å². The van der Waals surface area contributed by atoms with Crippen molar-refractivity contribution in [1.29, 1.82) is 0 Å². The molecule has 0 aromatic carbocycles. The van der Waals surface area contributed by atoms with Crippen molar-refractivity contribution in [2.24, 2.45) is 3.34 Å². The fourth-order valence-corrected chi connectivity index (χ4v) is 0.821. The molecule has 1 N–H and O–H groups in total. The number of nitrogens with zero attached hydrogens (tertiary/aromatic N) is 1. The molecule has 0 bridgehead atoms. The largest absolute Gasteiger partial charge is 0.396 e. The fourth-order valence-electron chi connectivity index (χ4n) is 0.821. The van der Waals surface area contributed by atoms with Gasteiger partial charge in [0.1, 0.15) is 0 Å². The molecule has 0 saturated carbocycles. The minimum Gasteiger partial charge on any atom is -0.396 e. The van der Waals surface area contributed by atoms with Crippen LogP contribution in [0.4, 0.5) is 0 Å². The Morgan fingerprint density at radius 1 is 1.50 bits per heavy atom. The van der Waals surface area contributed by atoms with Gasteiger partial charge in [-0.15, -0.1) is 0 Å². The molecule has 1 rings (SSSR count). The smallest absolute Gasteiger partial charge is 0.0468 e. The van der Waals surface area contributed by atoms with Crippen LogP contribution in [0.2, 0.25) is 0 Å². The van der Waals surface area contributed by atoms with Crippen LogP contribution in [-0.2, 0) is 20.9 Å². The molecule has 79 valence electrons. The molecule has 1 aliphatic rings. The molecule has 0 aromatic heterocycles. The van der Waals surface area contributed by atoms with Crippen molar-refractivity contribution in [2.45, 2.75) is 39.2 Å². The topological polar surface area (TPSA) is 32.6 Å². The Morgan fingerprint density at radius 2 is 2.07 bits per heavy atom. The number of hydrogen-bond acceptors (Lipinski definition) is 2. The summed E-state index contributed by atoms with van der Waals surface area (Å²) in [6, 6.07) is 0. The Labute approximate surface area is 98.9 Å². The Balaban J connectivity index is 0.000000255. The molecule has 0 atom stereocenters. The van der Waals surface area contributed by atoms with Crippen LogP contribution in [0.15, 0.2) is 27.1 Å². The average molecular weight is 274 g/mol. The number of aliphatic hydroxyl groups excluding tert-OH is 1. The maximum atomic E-state index is 8.46. The van der Waals surface area contributed by atoms with E-state index in [1.165, 1.54) is 26.5 Å². The van der Waals surface area contributed by atoms with Crippen LogP contribution < -0.4 is 0 Å². The first kappa shape index (κ1) is 14.0. The van der Waals surface area contributed by atoms with Crippen molar-refractivity contribution < 1.29 is 26.0 Å². The molecule has 0 amide bonds. The molecule has 0 saturated heterocycles. The quantitative estimate of drug-likeness (QED) is 0.772. The maximum absolute atomic E-state index is 8.46. The second-order valence-electron chi connectivity index (χ2n) is 4.20. The Bertz CT molecular complexity index is 226. The van der Waals surface area contributed by atoms with Gasteiger partial charge in [0.05, 0.1) is 0 Å². The average Bonchev–Trinajstić information content (AvgIpc) is 2.58. The van der Waals surface area contributed by atoms with Gasteiger partial charge in [0.15, 0.2) is 0 Å². The van der Waals surface area contributed by atoms with E-state index < -0.39 is 0 Å². The summed E-state index contributed by atoms with van der Waals surface area (Å²) in [6.45, 7) is 6.55. The van der Waals surface area contributed by atoms with Crippen molar-refractivity contribution in [3.8, 4) is 0 Å². The molecule has 1 aliphatic carbocycles. The van der Waals surface area contributed by atoms with Crippen molar-refractivity contribution >= 4 is 0 Å². The first-order valence-electron chi connectivity index (χ1n) is 4.81. The second-order valence-corrected chi connectivity index (χ2v) is 4.69. The number of hydrogen-bond donors (Lipinski definition) is 1. The predicted octanol–water partition coefficient (Wildman–Crippen LogP) is 2.77. The predicted molar refractivity (Wildman–Crippen MR) is 55.7 cm³/mol. The fraction of sp³-hybridized carbons (Fsp3) is 0.636. The van der Waals surface area contributed by atoms with E-state index in [9.17, 15) is 0 Å². The molecular weight excluding hydrogens is 255 g/mol. The summed E-state index contributed by atoms with van der Waals surface area (Å²) < 4.78 is 4.07. The maximum Gasteiger partial charge on any atom is 0.0468 e. The van der Waals surface area contributed by atoms with Gasteiger partial charge in [0.25, 0.3) is 0 Å². The van der Waals surface area contributed by atoms with Crippen molar-refractivity contribution in [3.63, 3.8) is 0 Å². The molecule has 0 heterocycles. The van der Waals surface area contributed by atoms with Gasteiger partial charge in [-0.3, -0.25) is 0 Å². The molecular formula is C11H19NNbO. The van der Waals surface area contributed by atoms with Crippen LogP contribution in [0.5, 0.6) is 0 Å². The summed E-state index contributed by atoms with van der Waals surface area (Å²) >= 11 is 1.52. The van der Waals surface area contributed by atoms with Gasteiger partial charge in [-0.05, 0) is 12.8 Å². The standard InChI is InChI=1S/C7H10O.C4H9N.Nb/c8-6-5-7-3-1-2-4-7;1-4(2,3)5;/h1-3,8H,4-6H2;1-3H3;. The normalized spacial score (nSPS) is 14.4. The van der Waals surface area contributed by atoms with Gasteiger partial charge in [0, 0.05) is 6.61 Å². The minimum absolute atomic E-state index is 0.189. The van der Waals surface area contributed by atoms with E-state index in [2.05, 4.69) is 36.3 Å². The van der Waals surface area contributed by atoms with Crippen LogP contribution in [-0.4, -0.2) is 17.3 Å². The Kier molecular flexibility index (Phi) is 7.29. The monoisotopic (exact) mass is 274 g/mol. The van der Waals surface area contributed by atoms with Crippen LogP contribution in [0.1, 0.15) is 33.6 Å². The van der Waals surface area contributed by atoms with Crippen LogP contribution in [0, 0.1) is 0 Å². The summed E-state index contributed by atoms with van der Waals surface area (Å²) in [4.78, 5) is 0. The number of allylic oxidation sites excluding steroid dienone is 3. The zero-order valence-electron chi connectivity index (χ0n) is 9.20. The van der Waals surface area contributed by atoms with Crippen molar-refractivity contribution in [1.82, 2.24) is 0 Å². The summed E-state index contributed by atoms with van der Waals surface area (Å²) in [5.74, 6) is 0. The van der Waals surface area contributed by atoms with Gasteiger partial charge in [-0.1, -0.05) is 23.8 Å². The number of rotatable bonds is 2. The van der Waals surface area contributed by atoms with Crippen molar-refractivity contribution in [3.05, 3.63) is 23.8 Å². The van der Waals surface area contributed by atoms with Gasteiger partial charge in [0.2, 0.25) is 0 Å². The summed E-state index contributed by atoms with van der Waals surface area (Å²) in [5.41, 5.74) is 1.53. The minimum atomic E-state index is 0.189. The van der Waals surface area contributed by atoms with Gasteiger partial charge >= 0.3 is 50.5 Å². The van der Waals surface area contributed by atoms with Crippen LogP contribution >= 0.6 is 0 Å². The summed E-state index contributed by atoms with van der Waals surface area (Å²) in [7, 11) is 0. The van der Waals surface area contributed by atoms with E-state index in [1.54, 1.807) is 0 Å². The van der Waals surface area contributed by atoms with E-state index >= 15 is 0 Å². The first-order valence-corrected chi connectivity index (χ1v) is 5.79. The molecule has 0 aromatic rings. The molecule has 0 aliphatic heterocycles. The molecule has 14 heavy (non-hydrogen) atoms. The third kappa shape index (κ3) is 8.57. The van der Waals surface area contributed by atoms with Gasteiger partial charge < -0.3 is 5.11 Å². The molecule has 2 nitrogen and oxygen atoms in total. The van der Waals surface area contributed by atoms with Crippen LogP contribution in [0.3, 0.4) is 0 Å². The van der Waals surface area contributed by atoms with E-state index in [0.717, 1.165) is 12.8 Å². The third-order valence-electron chi connectivity index (χ3n) is 1.58. The van der Waals surface area contributed by atoms with Crippen molar-refractivity contribution in [2.75, 3.05) is 6.61 Å². The SMILES string of the molecule is CC(C)(C)[N]=[Nb].OCCC1=CC=CC1. The van der Waals surface area contributed by atoms with E-state index in [4.69, 9.17) is 5.11 Å². The summed E-state index contributed by atoms with van der Waals surface area (Å²) in [6.07, 6.45) is 8.08. The van der Waals surface area contributed by atoms with E-state index in [-0.39, 0.29) is 12.1 Å². The zero-order chi connectivity index (χ0) is 11.0. The van der Waals surface area contributed by atoms with Gasteiger partial charge in [-0.25, -0.2) is 0 Å². The van der Waals surface area contributed by atoms with Crippen LogP contribution in [0.25, 0.3) is 0 Å². The molecule has 0 spiro atoms. The third-order valence-corrected chi connectivity index (χ3v) is 3.06. The molecule has 0 radical (unpaired) electrons. The Morgan fingerprint density at radius 3 is 2.36 bits per heavy atom. The molecule has 3 heteroatoms. The zero-order valence-corrected chi connectivity index (χ0v) is 11.4. The van der Waals surface area contributed by atoms with E-state index in [0.29, 0.717) is 0 Å². The Hall–Kier alpha value is -0.0197. The second kappa shape index (κ2) is 7.30. The first-order chi connectivity index (χ1) is 6.49. The summed E-state index contributed by atoms with van der Waals surface area (Å²) in [5, 5.41) is 8.46. The molecule has 0 unspecified atom stereocenters.